The van der Waals surface area contributed by atoms with Gasteiger partial charge in [0.1, 0.15) is 5.15 Å². The van der Waals surface area contributed by atoms with Crippen molar-refractivity contribution in [2.45, 2.75) is 0 Å². The lowest BCUT2D eigenvalue weighted by Crippen LogP contribution is -2.13. The van der Waals surface area contributed by atoms with E-state index in [1.54, 1.807) is 6.07 Å². The highest BCUT2D eigenvalue weighted by Crippen LogP contribution is 2.27. The van der Waals surface area contributed by atoms with E-state index < -0.39 is 11.8 Å². The van der Waals surface area contributed by atoms with E-state index in [1.807, 2.05) is 0 Å². The summed E-state index contributed by atoms with van der Waals surface area (Å²) in [5, 5.41) is 9.49. The highest BCUT2D eigenvalue weighted by molar-refractivity contribution is 6.47. The van der Waals surface area contributed by atoms with Crippen molar-refractivity contribution in [2.75, 3.05) is 0 Å². The Balaban J connectivity index is 2.70. The maximum Gasteiger partial charge on any atom is 0.377 e. The van der Waals surface area contributed by atoms with Gasteiger partial charge in [-0.1, -0.05) is 23.2 Å². The number of carbonyl (C=O) groups excluding carboxylic acids is 1. The second-order valence-electron chi connectivity index (χ2n) is 3.26. The molecule has 1 heterocycles. The van der Waals surface area contributed by atoms with Crippen LogP contribution in [0.25, 0.3) is 10.9 Å². The maximum atomic E-state index is 11.3. The second kappa shape index (κ2) is 4.31. The summed E-state index contributed by atoms with van der Waals surface area (Å²) in [5.41, 5.74) is 0.445. The topological polar surface area (TPSA) is 67.3 Å². The van der Waals surface area contributed by atoms with Crippen molar-refractivity contribution in [1.82, 2.24) is 4.98 Å². The molecule has 1 N–H and O–H groups in total. The van der Waals surface area contributed by atoms with E-state index in [0.717, 1.165) is 0 Å². The average molecular weight is 270 g/mol. The van der Waals surface area contributed by atoms with E-state index in [1.165, 1.54) is 18.2 Å². The number of aromatic nitrogens is 1. The molecule has 0 aliphatic carbocycles. The number of benzene rings is 1. The quantitative estimate of drug-likeness (QED) is 0.517. The molecular weight excluding hydrogens is 265 g/mol. The van der Waals surface area contributed by atoms with Crippen LogP contribution in [0.3, 0.4) is 0 Å². The van der Waals surface area contributed by atoms with Crippen molar-refractivity contribution >= 4 is 45.9 Å². The fourth-order valence-corrected chi connectivity index (χ4v) is 1.90. The van der Waals surface area contributed by atoms with Gasteiger partial charge in [-0.25, -0.2) is 9.78 Å². The third-order valence-corrected chi connectivity index (χ3v) is 2.83. The number of hydrogen-bond acceptors (Lipinski definition) is 3. The molecule has 0 atom stereocenters. The number of ketones is 1. The van der Waals surface area contributed by atoms with Crippen molar-refractivity contribution in [3.63, 3.8) is 0 Å². The highest BCUT2D eigenvalue weighted by Gasteiger charge is 2.19. The normalized spacial score (nSPS) is 10.5. The second-order valence-corrected chi connectivity index (χ2v) is 4.03. The Morgan fingerprint density at radius 2 is 1.82 bits per heavy atom. The Bertz CT molecular complexity index is 640. The summed E-state index contributed by atoms with van der Waals surface area (Å²) >= 11 is 11.7. The third-order valence-electron chi connectivity index (χ3n) is 2.21. The van der Waals surface area contributed by atoms with Crippen LogP contribution in [-0.2, 0) is 4.79 Å². The maximum absolute atomic E-state index is 11.3. The van der Waals surface area contributed by atoms with E-state index in [4.69, 9.17) is 28.3 Å². The number of halogens is 2. The first-order chi connectivity index (χ1) is 8.00. The summed E-state index contributed by atoms with van der Waals surface area (Å²) in [5.74, 6) is -2.60. The van der Waals surface area contributed by atoms with Gasteiger partial charge in [0, 0.05) is 10.9 Å². The monoisotopic (exact) mass is 269 g/mol. The van der Waals surface area contributed by atoms with Crippen LogP contribution in [0, 0.1) is 0 Å². The zero-order valence-corrected chi connectivity index (χ0v) is 9.79. The predicted molar refractivity (Wildman–Crippen MR) is 63.7 cm³/mol. The Labute approximate surface area is 106 Å². The number of carbonyl (C=O) groups is 2. The van der Waals surface area contributed by atoms with Crippen molar-refractivity contribution in [2.24, 2.45) is 0 Å². The molecule has 86 valence electrons. The van der Waals surface area contributed by atoms with E-state index in [0.29, 0.717) is 16.1 Å². The minimum atomic E-state index is -1.55. The number of pyridine rings is 1. The number of hydrogen-bond donors (Lipinski definition) is 1. The lowest BCUT2D eigenvalue weighted by Gasteiger charge is -2.04. The van der Waals surface area contributed by atoms with Gasteiger partial charge in [0.25, 0.3) is 5.78 Å². The molecule has 0 fully saturated rings. The Morgan fingerprint density at radius 3 is 2.47 bits per heavy atom. The van der Waals surface area contributed by atoms with Crippen molar-refractivity contribution in [1.29, 1.82) is 0 Å². The average Bonchev–Trinajstić information content (AvgIpc) is 2.28. The van der Waals surface area contributed by atoms with Crippen LogP contribution in [0.4, 0.5) is 0 Å². The van der Waals surface area contributed by atoms with Gasteiger partial charge < -0.3 is 5.11 Å². The molecule has 6 heteroatoms. The Hall–Kier alpha value is -1.65. The van der Waals surface area contributed by atoms with Crippen LogP contribution in [0.5, 0.6) is 0 Å². The molecule has 0 bridgehead atoms. The van der Waals surface area contributed by atoms with Gasteiger partial charge in [-0.05, 0) is 24.3 Å². The summed E-state index contributed by atoms with van der Waals surface area (Å²) in [6.45, 7) is 0. The molecule has 0 spiro atoms. The van der Waals surface area contributed by atoms with Gasteiger partial charge in [0.05, 0.1) is 10.5 Å². The molecule has 2 aromatic rings. The van der Waals surface area contributed by atoms with E-state index in [-0.39, 0.29) is 10.6 Å². The number of aliphatic carboxylic acids is 1. The smallest absolute Gasteiger partial charge is 0.377 e. The zero-order chi connectivity index (χ0) is 12.6. The van der Waals surface area contributed by atoms with Gasteiger partial charge in [-0.15, -0.1) is 0 Å². The fraction of sp³-hybridized carbons (Fsp3) is 0. The van der Waals surface area contributed by atoms with Crippen LogP contribution in [0.2, 0.25) is 10.2 Å². The summed E-state index contributed by atoms with van der Waals surface area (Å²) in [7, 11) is 0. The van der Waals surface area contributed by atoms with Crippen LogP contribution in [0.1, 0.15) is 10.4 Å². The van der Waals surface area contributed by atoms with E-state index in [2.05, 4.69) is 4.98 Å². The number of carboxylic acid groups (broad SMARTS) is 1. The van der Waals surface area contributed by atoms with Crippen LogP contribution < -0.4 is 0 Å². The van der Waals surface area contributed by atoms with Crippen LogP contribution in [0.15, 0.2) is 24.3 Å². The molecule has 0 radical (unpaired) electrons. The van der Waals surface area contributed by atoms with E-state index in [9.17, 15) is 9.59 Å². The number of rotatable bonds is 2. The van der Waals surface area contributed by atoms with Crippen molar-refractivity contribution in [3.8, 4) is 0 Å². The number of fused-ring (bicyclic) bond motifs is 1. The van der Waals surface area contributed by atoms with Crippen LogP contribution >= 0.6 is 23.2 Å². The Kier molecular flexibility index (Phi) is 3.00. The van der Waals surface area contributed by atoms with Gasteiger partial charge in [-0.2, -0.15) is 0 Å². The van der Waals surface area contributed by atoms with E-state index >= 15 is 0 Å². The van der Waals surface area contributed by atoms with Gasteiger partial charge in [0.15, 0.2) is 0 Å². The minimum absolute atomic E-state index is 0.0595. The molecule has 4 nitrogen and oxygen atoms in total. The summed E-state index contributed by atoms with van der Waals surface area (Å²) in [6.07, 6.45) is 0. The first kappa shape index (κ1) is 11.8. The molecule has 0 saturated heterocycles. The summed E-state index contributed by atoms with van der Waals surface area (Å²) in [4.78, 5) is 25.9. The molecule has 0 amide bonds. The largest absolute Gasteiger partial charge is 0.475 e. The lowest BCUT2D eigenvalue weighted by atomic mass is 10.1. The minimum Gasteiger partial charge on any atom is -0.475 e. The molecule has 17 heavy (non-hydrogen) atoms. The van der Waals surface area contributed by atoms with Gasteiger partial charge >= 0.3 is 5.97 Å². The summed E-state index contributed by atoms with van der Waals surface area (Å²) in [6, 6.07) is 5.93. The first-order valence-electron chi connectivity index (χ1n) is 4.53. The van der Waals surface area contributed by atoms with Crippen molar-refractivity contribution < 1.29 is 14.7 Å². The summed E-state index contributed by atoms with van der Waals surface area (Å²) < 4.78 is 0. The standard InChI is InChI=1S/C11H5Cl2NO3/c12-8-4-2-5-7(14-8)3-1-6(9(5)13)10(15)11(16)17/h1-4H,(H,16,17). The number of nitrogens with zero attached hydrogens (tertiary/aromatic N) is 1. The molecular formula is C11H5Cl2NO3. The third kappa shape index (κ3) is 2.09. The lowest BCUT2D eigenvalue weighted by molar-refractivity contribution is -0.131. The fourth-order valence-electron chi connectivity index (χ4n) is 1.43. The SMILES string of the molecule is O=C(O)C(=O)c1ccc2nc(Cl)ccc2c1Cl. The molecule has 2 rings (SSSR count). The first-order valence-corrected chi connectivity index (χ1v) is 5.28. The van der Waals surface area contributed by atoms with Crippen molar-refractivity contribution in [3.05, 3.63) is 40.0 Å². The zero-order valence-electron chi connectivity index (χ0n) is 8.28. The molecule has 0 saturated carbocycles. The molecule has 0 aliphatic rings. The van der Waals surface area contributed by atoms with Gasteiger partial charge in [0.2, 0.25) is 0 Å². The highest BCUT2D eigenvalue weighted by atomic mass is 35.5. The van der Waals surface area contributed by atoms with Gasteiger partial charge in [-0.3, -0.25) is 4.79 Å². The molecule has 0 unspecified atom stereocenters. The molecule has 1 aromatic carbocycles. The molecule has 1 aromatic heterocycles. The number of Topliss-reactive ketones (excluding diaryl/α,β-unsaturated/α-hetero) is 1. The predicted octanol–water partition coefficient (Wildman–Crippen LogP) is 2.81. The van der Waals surface area contributed by atoms with Crippen LogP contribution in [-0.4, -0.2) is 21.8 Å². The Morgan fingerprint density at radius 1 is 1.12 bits per heavy atom. The molecule has 0 aliphatic heterocycles. The number of carboxylic acids is 1.